The van der Waals surface area contributed by atoms with Gasteiger partial charge in [0.25, 0.3) is 0 Å². The summed E-state index contributed by atoms with van der Waals surface area (Å²) in [6.07, 6.45) is -0.588. The molecule has 5 rings (SSSR count). The SMILES string of the molecule is Cc1ccc(CSc2nnc3c(n2)O[C@H](c2ccc(C(=O)[O-])cc2)Nc2ccccc2-3)cc1. The molecule has 7 nitrogen and oxygen atoms in total. The van der Waals surface area contributed by atoms with Crippen LogP contribution >= 0.6 is 11.8 Å². The van der Waals surface area contributed by atoms with Gasteiger partial charge in [0.2, 0.25) is 11.0 Å². The highest BCUT2D eigenvalue weighted by molar-refractivity contribution is 7.98. The maximum atomic E-state index is 11.1. The molecule has 0 fully saturated rings. The fourth-order valence-corrected chi connectivity index (χ4v) is 4.22. The predicted octanol–water partition coefficient (Wildman–Crippen LogP) is 4.01. The molecule has 0 aliphatic carbocycles. The minimum atomic E-state index is -1.22. The summed E-state index contributed by atoms with van der Waals surface area (Å²) in [5.41, 5.74) is 5.43. The van der Waals surface area contributed by atoms with Crippen molar-refractivity contribution in [1.29, 1.82) is 0 Å². The van der Waals surface area contributed by atoms with Crippen LogP contribution < -0.4 is 15.2 Å². The monoisotopic (exact) mass is 455 g/mol. The fourth-order valence-electron chi connectivity index (χ4n) is 3.49. The molecule has 3 aromatic carbocycles. The van der Waals surface area contributed by atoms with Gasteiger partial charge in [-0.3, -0.25) is 0 Å². The lowest BCUT2D eigenvalue weighted by molar-refractivity contribution is -0.255. The van der Waals surface area contributed by atoms with E-state index in [0.29, 0.717) is 22.5 Å². The van der Waals surface area contributed by atoms with Gasteiger partial charge in [-0.05, 0) is 24.1 Å². The maximum absolute atomic E-state index is 11.1. The number of rotatable bonds is 5. The number of hydrogen-bond donors (Lipinski definition) is 1. The van der Waals surface area contributed by atoms with Crippen LogP contribution in [0.15, 0.2) is 78.0 Å². The number of carboxylic acid groups (broad SMARTS) is 1. The molecule has 0 spiro atoms. The summed E-state index contributed by atoms with van der Waals surface area (Å²) in [5, 5.41) is 23.7. The van der Waals surface area contributed by atoms with Crippen molar-refractivity contribution in [3.05, 3.63) is 95.1 Å². The van der Waals surface area contributed by atoms with Gasteiger partial charge < -0.3 is 20.0 Å². The summed E-state index contributed by atoms with van der Waals surface area (Å²) in [7, 11) is 0. The van der Waals surface area contributed by atoms with E-state index >= 15 is 0 Å². The van der Waals surface area contributed by atoms with Crippen molar-refractivity contribution in [1.82, 2.24) is 15.2 Å². The highest BCUT2D eigenvalue weighted by atomic mass is 32.2. The number of nitrogens with one attached hydrogen (secondary N) is 1. The molecule has 2 heterocycles. The van der Waals surface area contributed by atoms with Gasteiger partial charge in [0.1, 0.15) is 0 Å². The molecule has 1 aliphatic rings. The first-order valence-corrected chi connectivity index (χ1v) is 11.3. The van der Waals surface area contributed by atoms with Crippen molar-refractivity contribution in [2.24, 2.45) is 0 Å². The van der Waals surface area contributed by atoms with Gasteiger partial charge in [-0.2, -0.15) is 4.98 Å². The normalized spacial score (nSPS) is 14.3. The smallest absolute Gasteiger partial charge is 0.247 e. The molecule has 8 heteroatoms. The molecule has 0 bridgehead atoms. The van der Waals surface area contributed by atoms with Crippen molar-refractivity contribution in [2.75, 3.05) is 5.32 Å². The lowest BCUT2D eigenvalue weighted by Gasteiger charge is -2.19. The number of aryl methyl sites for hydroxylation is 1. The van der Waals surface area contributed by atoms with Crippen molar-refractivity contribution < 1.29 is 14.6 Å². The predicted molar refractivity (Wildman–Crippen MR) is 124 cm³/mol. The van der Waals surface area contributed by atoms with Crippen LogP contribution in [0.1, 0.15) is 33.3 Å². The summed E-state index contributed by atoms with van der Waals surface area (Å²) in [6.45, 7) is 2.06. The molecule has 1 N–H and O–H groups in total. The molecule has 33 heavy (non-hydrogen) atoms. The molecule has 164 valence electrons. The second-order valence-electron chi connectivity index (χ2n) is 7.62. The van der Waals surface area contributed by atoms with E-state index in [4.69, 9.17) is 4.74 Å². The van der Waals surface area contributed by atoms with E-state index in [9.17, 15) is 9.90 Å². The quantitative estimate of drug-likeness (QED) is 0.451. The Balaban J connectivity index is 1.46. The number of benzene rings is 3. The van der Waals surface area contributed by atoms with Crippen molar-refractivity contribution in [2.45, 2.75) is 24.1 Å². The van der Waals surface area contributed by atoms with Crippen LogP contribution in [0, 0.1) is 6.92 Å². The summed E-state index contributed by atoms with van der Waals surface area (Å²) in [6, 6.07) is 22.4. The molecule has 0 unspecified atom stereocenters. The largest absolute Gasteiger partial charge is 0.545 e. The van der Waals surface area contributed by atoms with Gasteiger partial charge in [0, 0.05) is 22.6 Å². The fraction of sp³-hybridized carbons (Fsp3) is 0.120. The van der Waals surface area contributed by atoms with Crippen molar-refractivity contribution in [3.63, 3.8) is 0 Å². The maximum Gasteiger partial charge on any atom is 0.247 e. The zero-order valence-corrected chi connectivity index (χ0v) is 18.5. The molecule has 4 aromatic rings. The lowest BCUT2D eigenvalue weighted by Crippen LogP contribution is -2.22. The van der Waals surface area contributed by atoms with Crippen LogP contribution in [0.25, 0.3) is 11.3 Å². The Hall–Kier alpha value is -3.91. The topological polar surface area (TPSA) is 100 Å². The number of thioether (sulfide) groups is 1. The Kier molecular flexibility index (Phi) is 5.66. The van der Waals surface area contributed by atoms with Crippen LogP contribution in [-0.4, -0.2) is 21.2 Å². The summed E-state index contributed by atoms with van der Waals surface area (Å²) < 4.78 is 6.23. The van der Waals surface area contributed by atoms with Gasteiger partial charge in [0.15, 0.2) is 11.9 Å². The number of carboxylic acids is 1. The number of anilines is 1. The third-order valence-corrected chi connectivity index (χ3v) is 6.18. The highest BCUT2D eigenvalue weighted by Gasteiger charge is 2.26. The Morgan fingerprint density at radius 1 is 1.03 bits per heavy atom. The summed E-state index contributed by atoms with van der Waals surface area (Å²) >= 11 is 1.49. The van der Waals surface area contributed by atoms with Crippen LogP contribution in [0.5, 0.6) is 5.88 Å². The Labute approximate surface area is 194 Å². The van der Waals surface area contributed by atoms with E-state index < -0.39 is 12.2 Å². The third kappa shape index (κ3) is 4.51. The van der Waals surface area contributed by atoms with Crippen LogP contribution in [0.4, 0.5) is 5.69 Å². The van der Waals surface area contributed by atoms with E-state index in [0.717, 1.165) is 16.8 Å². The van der Waals surface area contributed by atoms with Crippen molar-refractivity contribution in [3.8, 4) is 17.1 Å². The zero-order chi connectivity index (χ0) is 22.8. The highest BCUT2D eigenvalue weighted by Crippen LogP contribution is 2.39. The molecule has 1 aromatic heterocycles. The second kappa shape index (κ2) is 8.91. The van der Waals surface area contributed by atoms with E-state index in [1.165, 1.54) is 35.0 Å². The molecule has 1 aliphatic heterocycles. The second-order valence-corrected chi connectivity index (χ2v) is 8.56. The van der Waals surface area contributed by atoms with E-state index in [1.54, 1.807) is 12.1 Å². The van der Waals surface area contributed by atoms with Crippen LogP contribution in [0.3, 0.4) is 0 Å². The first-order valence-electron chi connectivity index (χ1n) is 10.3. The Bertz CT molecular complexity index is 1310. The number of carbonyl (C=O) groups excluding carboxylic acids is 1. The van der Waals surface area contributed by atoms with Crippen LogP contribution in [-0.2, 0) is 5.75 Å². The molecule has 0 amide bonds. The van der Waals surface area contributed by atoms with Gasteiger partial charge in [0.05, 0.1) is 5.97 Å². The average molecular weight is 456 g/mol. The zero-order valence-electron chi connectivity index (χ0n) is 17.7. The number of aromatic carboxylic acids is 1. The van der Waals surface area contributed by atoms with E-state index in [1.807, 2.05) is 24.3 Å². The number of nitrogens with zero attached hydrogens (tertiary/aromatic N) is 3. The number of hydrogen-bond acceptors (Lipinski definition) is 8. The molecule has 0 radical (unpaired) electrons. The molecule has 1 atom stereocenters. The van der Waals surface area contributed by atoms with Gasteiger partial charge in [-0.15, -0.1) is 10.2 Å². The molecular weight excluding hydrogens is 436 g/mol. The molecule has 0 saturated heterocycles. The molecular formula is C25H19N4O3S-. The van der Waals surface area contributed by atoms with Crippen molar-refractivity contribution >= 4 is 23.4 Å². The van der Waals surface area contributed by atoms with Crippen LogP contribution in [0.2, 0.25) is 0 Å². The lowest BCUT2D eigenvalue weighted by atomic mass is 10.1. The minimum Gasteiger partial charge on any atom is -0.545 e. The number of ether oxygens (including phenoxy) is 1. The number of para-hydroxylation sites is 1. The Morgan fingerprint density at radius 3 is 2.55 bits per heavy atom. The third-order valence-electron chi connectivity index (χ3n) is 5.27. The summed E-state index contributed by atoms with van der Waals surface area (Å²) in [5.74, 6) is -0.147. The number of aromatic nitrogens is 3. The number of fused-ring (bicyclic) bond motifs is 3. The first kappa shape index (κ1) is 21.0. The Morgan fingerprint density at radius 2 is 1.79 bits per heavy atom. The molecule has 0 saturated carbocycles. The van der Waals surface area contributed by atoms with Gasteiger partial charge in [-0.25, -0.2) is 0 Å². The first-order chi connectivity index (χ1) is 16.1. The van der Waals surface area contributed by atoms with Gasteiger partial charge in [-0.1, -0.05) is 84.1 Å². The van der Waals surface area contributed by atoms with E-state index in [2.05, 4.69) is 51.7 Å². The average Bonchev–Trinajstić information content (AvgIpc) is 3.00. The van der Waals surface area contributed by atoms with Gasteiger partial charge >= 0.3 is 0 Å². The summed E-state index contributed by atoms with van der Waals surface area (Å²) in [4.78, 5) is 15.8. The standard InChI is InChI=1S/C25H20N4O3S/c1-15-6-8-16(9-7-15)14-33-25-27-23-21(28-29-25)19-4-2-3-5-20(19)26-22(32-23)17-10-12-18(13-11-17)24(30)31/h2-13,22,26H,14H2,1H3,(H,30,31)/p-1/t22-/m1/s1. The number of carbonyl (C=O) groups is 1. The minimum absolute atomic E-state index is 0.104. The van der Waals surface area contributed by atoms with E-state index in [-0.39, 0.29) is 5.56 Å².